The van der Waals surface area contributed by atoms with Crippen molar-refractivity contribution in [1.29, 1.82) is 0 Å². The number of aliphatic hydroxyl groups is 1. The number of rotatable bonds is 12. The maximum atomic E-state index is 13.8. The molecule has 0 radical (unpaired) electrons. The van der Waals surface area contributed by atoms with Crippen LogP contribution in [0.3, 0.4) is 0 Å². The molecule has 1 aliphatic rings. The van der Waals surface area contributed by atoms with Gasteiger partial charge in [-0.25, -0.2) is 13.2 Å². The molecule has 0 aromatic heterocycles. The van der Waals surface area contributed by atoms with E-state index in [0.29, 0.717) is 6.42 Å². The van der Waals surface area contributed by atoms with E-state index in [1.165, 1.54) is 28.6 Å². The second-order valence-electron chi connectivity index (χ2n) is 12.8. The van der Waals surface area contributed by atoms with Gasteiger partial charge in [0.1, 0.15) is 11.4 Å². The first-order valence-corrected chi connectivity index (χ1v) is 17.5. The van der Waals surface area contributed by atoms with Crippen LogP contribution in [0.25, 0.3) is 0 Å². The van der Waals surface area contributed by atoms with Crippen molar-refractivity contribution in [3.8, 4) is 5.75 Å². The van der Waals surface area contributed by atoms with Crippen molar-refractivity contribution in [3.63, 3.8) is 0 Å². The summed E-state index contributed by atoms with van der Waals surface area (Å²) in [7, 11) is -3.57. The van der Waals surface area contributed by atoms with Crippen LogP contribution in [0.2, 0.25) is 0 Å². The van der Waals surface area contributed by atoms with Crippen LogP contribution in [0, 0.1) is 0 Å². The van der Waals surface area contributed by atoms with E-state index in [1.807, 2.05) is 0 Å². The fourth-order valence-corrected chi connectivity index (χ4v) is 6.94. The minimum atomic E-state index is -4.60. The van der Waals surface area contributed by atoms with Gasteiger partial charge >= 0.3 is 12.3 Å². The van der Waals surface area contributed by atoms with E-state index in [4.69, 9.17) is 9.47 Å². The van der Waals surface area contributed by atoms with Crippen molar-refractivity contribution in [2.45, 2.75) is 71.0 Å². The van der Waals surface area contributed by atoms with Gasteiger partial charge in [0.2, 0.25) is 10.0 Å². The number of alkyl halides is 3. The highest BCUT2D eigenvalue weighted by atomic mass is 32.2. The van der Waals surface area contributed by atoms with Crippen LogP contribution in [0.4, 0.5) is 23.7 Å². The third-order valence-electron chi connectivity index (χ3n) is 7.62. The van der Waals surface area contributed by atoms with Gasteiger partial charge in [-0.2, -0.15) is 13.2 Å². The highest BCUT2D eigenvalue weighted by molar-refractivity contribution is 7.93. The Balaban J connectivity index is 1.65. The Morgan fingerprint density at radius 2 is 1.69 bits per heavy atom. The predicted molar refractivity (Wildman–Crippen MR) is 179 cm³/mol. The first-order chi connectivity index (χ1) is 22.9. The number of amides is 2. The summed E-state index contributed by atoms with van der Waals surface area (Å²) in [5.74, 6) is -0.376. The molecule has 3 aromatic carbocycles. The smallest absolute Gasteiger partial charge is 0.416 e. The number of nitrogens with zero attached hydrogens (tertiary/aromatic N) is 2. The van der Waals surface area contributed by atoms with Crippen molar-refractivity contribution >= 4 is 27.7 Å². The molecular weight excluding hydrogens is 663 g/mol. The second kappa shape index (κ2) is 15.5. The lowest BCUT2D eigenvalue weighted by Crippen LogP contribution is -2.51. The minimum absolute atomic E-state index is 0.0205. The number of carbonyl (C=O) groups is 2. The molecule has 1 saturated heterocycles. The molecule has 3 aromatic rings. The molecule has 266 valence electrons. The van der Waals surface area contributed by atoms with Crippen LogP contribution in [0.5, 0.6) is 5.75 Å². The third kappa shape index (κ3) is 10.6. The summed E-state index contributed by atoms with van der Waals surface area (Å²) in [6.07, 6.45) is -6.33. The number of nitrogens with one attached hydrogen (secondary N) is 1. The number of hydrogen-bond donors (Lipinski definition) is 2. The van der Waals surface area contributed by atoms with Crippen molar-refractivity contribution in [3.05, 3.63) is 95.1 Å². The molecule has 1 heterocycles. The van der Waals surface area contributed by atoms with Gasteiger partial charge in [0, 0.05) is 24.7 Å². The Bertz CT molecular complexity index is 1710. The van der Waals surface area contributed by atoms with Gasteiger partial charge < -0.3 is 24.8 Å². The minimum Gasteiger partial charge on any atom is -0.494 e. The summed E-state index contributed by atoms with van der Waals surface area (Å²) in [6, 6.07) is 16.9. The first-order valence-electron chi connectivity index (χ1n) is 15.9. The molecule has 49 heavy (non-hydrogen) atoms. The van der Waals surface area contributed by atoms with E-state index < -0.39 is 58.1 Å². The summed E-state index contributed by atoms with van der Waals surface area (Å²) in [6.45, 7) is 6.46. The fourth-order valence-electron chi connectivity index (χ4n) is 5.39. The molecule has 1 aliphatic heterocycles. The van der Waals surface area contributed by atoms with Gasteiger partial charge in [0.25, 0.3) is 5.91 Å². The number of sulfonamides is 1. The lowest BCUT2D eigenvalue weighted by molar-refractivity contribution is -0.137. The Labute approximate surface area is 284 Å². The predicted octanol–water partition coefficient (Wildman–Crippen LogP) is 5.78. The fraction of sp³-hybridized carbons (Fsp3) is 0.429. The average Bonchev–Trinajstić information content (AvgIpc) is 3.38. The van der Waals surface area contributed by atoms with E-state index in [1.54, 1.807) is 64.1 Å². The quantitative estimate of drug-likeness (QED) is 0.245. The van der Waals surface area contributed by atoms with E-state index in [9.17, 15) is 36.3 Å². The van der Waals surface area contributed by atoms with Crippen LogP contribution in [0.1, 0.15) is 61.2 Å². The number of aliphatic hydroxyl groups excluding tert-OH is 1. The number of carbonyl (C=O) groups excluding carboxylic acids is 2. The van der Waals surface area contributed by atoms with Crippen LogP contribution < -0.4 is 14.4 Å². The molecule has 0 bridgehead atoms. The van der Waals surface area contributed by atoms with Gasteiger partial charge in [-0.3, -0.25) is 9.10 Å². The number of benzene rings is 3. The number of ether oxygens (including phenoxy) is 2. The Hall–Kier alpha value is -4.30. The molecule has 2 amide bonds. The zero-order valence-electron chi connectivity index (χ0n) is 27.9. The first kappa shape index (κ1) is 37.5. The largest absolute Gasteiger partial charge is 0.494 e. The van der Waals surface area contributed by atoms with Crippen molar-refractivity contribution in [2.75, 3.05) is 29.8 Å². The van der Waals surface area contributed by atoms with Crippen LogP contribution >= 0.6 is 0 Å². The Kier molecular flexibility index (Phi) is 11.9. The molecule has 0 saturated carbocycles. The van der Waals surface area contributed by atoms with E-state index in [0.717, 1.165) is 22.6 Å². The summed E-state index contributed by atoms with van der Waals surface area (Å²) in [5, 5.41) is 14.5. The van der Waals surface area contributed by atoms with Crippen LogP contribution in [-0.2, 0) is 33.9 Å². The summed E-state index contributed by atoms with van der Waals surface area (Å²) >= 11 is 0. The zero-order chi connectivity index (χ0) is 36.0. The lowest BCUT2D eigenvalue weighted by atomic mass is 9.99. The summed E-state index contributed by atoms with van der Waals surface area (Å²) in [5.41, 5.74) is -0.571. The average molecular weight is 706 g/mol. The van der Waals surface area contributed by atoms with E-state index in [2.05, 4.69) is 5.32 Å². The number of hydrogen-bond acceptors (Lipinski definition) is 7. The van der Waals surface area contributed by atoms with Gasteiger partial charge in [-0.1, -0.05) is 42.5 Å². The molecule has 10 nitrogen and oxygen atoms in total. The Morgan fingerprint density at radius 3 is 2.31 bits per heavy atom. The van der Waals surface area contributed by atoms with E-state index in [-0.39, 0.29) is 54.4 Å². The summed E-state index contributed by atoms with van der Waals surface area (Å²) < 4.78 is 78.2. The Morgan fingerprint density at radius 1 is 1.00 bits per heavy atom. The molecule has 0 spiro atoms. The molecular formula is C35H42F3N3O7S. The number of anilines is 1. The third-order valence-corrected chi connectivity index (χ3v) is 9.49. The van der Waals surface area contributed by atoms with E-state index >= 15 is 0 Å². The maximum Gasteiger partial charge on any atom is 0.416 e. The molecule has 1 fully saturated rings. The molecule has 2 atom stereocenters. The highest BCUT2D eigenvalue weighted by Gasteiger charge is 2.33. The van der Waals surface area contributed by atoms with Gasteiger partial charge in [0.05, 0.1) is 42.3 Å². The van der Waals surface area contributed by atoms with Crippen molar-refractivity contribution in [2.24, 2.45) is 0 Å². The number of halogens is 3. The SMILES string of the molecule is CCOc1cc(C(=O)N[C@@H](Cc2ccccc2)[C@H](O)CN(Cc2cccc(C(F)(F)F)c2)C(=O)OC(C)(C)C)cc(N2CCCS2(=O)=O)c1. The van der Waals surface area contributed by atoms with Gasteiger partial charge in [-0.05, 0) is 75.9 Å². The molecule has 14 heteroatoms. The second-order valence-corrected chi connectivity index (χ2v) is 14.8. The van der Waals surface area contributed by atoms with Gasteiger partial charge in [0.15, 0.2) is 0 Å². The molecule has 2 N–H and O–H groups in total. The summed E-state index contributed by atoms with van der Waals surface area (Å²) in [4.78, 5) is 28.2. The van der Waals surface area contributed by atoms with Crippen LogP contribution in [-0.4, -0.2) is 73.6 Å². The standard InChI is InChI=1S/C35H42F3N3O7S/c1-5-47-29-20-26(19-28(21-29)41-15-10-16-49(41,45)46)32(43)39-30(18-24-11-7-6-8-12-24)31(42)23-40(33(44)48-34(2,3)4)22-25-13-9-14-27(17-25)35(36,37)38/h6-9,11-14,17,19-21,30-31,42H,5,10,15-16,18,22-23H2,1-4H3,(H,39,43)/t30-,31+/m0/s1. The van der Waals surface area contributed by atoms with Gasteiger partial charge in [-0.15, -0.1) is 0 Å². The monoisotopic (exact) mass is 705 g/mol. The van der Waals surface area contributed by atoms with Crippen molar-refractivity contribution < 1.29 is 45.8 Å². The van der Waals surface area contributed by atoms with Crippen LogP contribution in [0.15, 0.2) is 72.8 Å². The zero-order valence-corrected chi connectivity index (χ0v) is 28.7. The van der Waals surface area contributed by atoms with Crippen molar-refractivity contribution in [1.82, 2.24) is 10.2 Å². The normalized spacial score (nSPS) is 15.7. The maximum absolute atomic E-state index is 13.8. The molecule has 0 aliphatic carbocycles. The topological polar surface area (TPSA) is 125 Å². The molecule has 4 rings (SSSR count). The lowest BCUT2D eigenvalue weighted by Gasteiger charge is -2.32. The molecule has 0 unspecified atom stereocenters. The highest BCUT2D eigenvalue weighted by Crippen LogP contribution is 2.31.